The zero-order valence-corrected chi connectivity index (χ0v) is 6.36. The lowest BCUT2D eigenvalue weighted by Gasteiger charge is -1.87. The summed E-state index contributed by atoms with van der Waals surface area (Å²) in [6, 6.07) is -0.0926. The highest BCUT2D eigenvalue weighted by molar-refractivity contribution is 8.26. The first-order valence-corrected chi connectivity index (χ1v) is 3.84. The molecular weight excluding hydrogens is 134 g/mol. The number of hydrogen-bond donors (Lipinski definition) is 0. The van der Waals surface area contributed by atoms with Crippen LogP contribution in [0.1, 0.15) is 20.3 Å². The molecule has 0 unspecified atom stereocenters. The summed E-state index contributed by atoms with van der Waals surface area (Å²) >= 11 is 1.28. The Kier molecular flexibility index (Phi) is 1.90. The third-order valence-corrected chi connectivity index (χ3v) is 2.37. The Morgan fingerprint density at radius 2 is 2.44 bits per heavy atom. The molecule has 1 rings (SSSR count). The van der Waals surface area contributed by atoms with Crippen LogP contribution in [-0.2, 0) is 4.79 Å². The second-order valence-electron chi connectivity index (χ2n) is 1.97. The standard InChI is InChI=1S/C6H9NOS/c1-3-5-7-4(2)6(8)9-5/h4H,3H2,1-2H3/t4-/m1/s1. The molecule has 0 amide bonds. The minimum Gasteiger partial charge on any atom is -0.284 e. The molecular formula is C6H9NOS. The molecule has 3 heteroatoms. The summed E-state index contributed by atoms with van der Waals surface area (Å²) < 4.78 is 0. The molecule has 1 aliphatic heterocycles. The van der Waals surface area contributed by atoms with Gasteiger partial charge >= 0.3 is 0 Å². The number of carbonyl (C=O) groups excluding carboxylic acids is 1. The van der Waals surface area contributed by atoms with Crippen molar-refractivity contribution in [1.82, 2.24) is 0 Å². The molecule has 2 nitrogen and oxygen atoms in total. The van der Waals surface area contributed by atoms with Crippen LogP contribution < -0.4 is 0 Å². The minimum absolute atomic E-state index is 0.0926. The highest BCUT2D eigenvalue weighted by Gasteiger charge is 2.21. The molecule has 50 valence electrons. The van der Waals surface area contributed by atoms with E-state index < -0.39 is 0 Å². The molecule has 0 aliphatic carbocycles. The first kappa shape index (κ1) is 6.81. The molecule has 1 heterocycles. The quantitative estimate of drug-likeness (QED) is 0.556. The molecule has 0 aromatic carbocycles. The summed E-state index contributed by atoms with van der Waals surface area (Å²) in [5, 5.41) is 1.17. The van der Waals surface area contributed by atoms with Gasteiger partial charge in [-0.25, -0.2) is 0 Å². The molecule has 0 saturated carbocycles. The third kappa shape index (κ3) is 1.33. The molecule has 1 atom stereocenters. The molecule has 0 N–H and O–H groups in total. The lowest BCUT2D eigenvalue weighted by atomic mass is 10.4. The fourth-order valence-corrected chi connectivity index (χ4v) is 1.47. The average Bonchev–Trinajstić information content (AvgIpc) is 2.13. The second-order valence-corrected chi connectivity index (χ2v) is 3.05. The Morgan fingerprint density at radius 3 is 2.67 bits per heavy atom. The fraction of sp³-hybridized carbons (Fsp3) is 0.667. The maximum atomic E-state index is 10.8. The molecule has 9 heavy (non-hydrogen) atoms. The fourth-order valence-electron chi connectivity index (χ4n) is 0.660. The number of nitrogens with zero attached hydrogens (tertiary/aromatic N) is 1. The van der Waals surface area contributed by atoms with Crippen LogP contribution in [0.4, 0.5) is 0 Å². The monoisotopic (exact) mass is 143 g/mol. The van der Waals surface area contributed by atoms with Crippen LogP contribution >= 0.6 is 11.8 Å². The van der Waals surface area contributed by atoms with Crippen LogP contribution in [0.5, 0.6) is 0 Å². The van der Waals surface area contributed by atoms with Crippen LogP contribution in [-0.4, -0.2) is 16.2 Å². The summed E-state index contributed by atoms with van der Waals surface area (Å²) in [6.45, 7) is 3.84. The van der Waals surface area contributed by atoms with E-state index in [2.05, 4.69) is 4.99 Å². The number of rotatable bonds is 1. The van der Waals surface area contributed by atoms with E-state index in [1.807, 2.05) is 13.8 Å². The van der Waals surface area contributed by atoms with Gasteiger partial charge in [0.25, 0.3) is 0 Å². The SMILES string of the molecule is CCC1=N[C@H](C)C(=O)S1. The molecule has 0 spiro atoms. The van der Waals surface area contributed by atoms with Gasteiger partial charge in [-0.15, -0.1) is 0 Å². The Balaban J connectivity index is 2.62. The zero-order chi connectivity index (χ0) is 6.85. The first-order valence-electron chi connectivity index (χ1n) is 3.02. The Labute approximate surface area is 58.7 Å². The van der Waals surface area contributed by atoms with Crippen molar-refractivity contribution in [2.75, 3.05) is 0 Å². The topological polar surface area (TPSA) is 29.4 Å². The maximum Gasteiger partial charge on any atom is 0.219 e. The maximum absolute atomic E-state index is 10.8. The Bertz CT molecular complexity index is 164. The van der Waals surface area contributed by atoms with Crippen molar-refractivity contribution in [2.45, 2.75) is 26.3 Å². The summed E-state index contributed by atoms with van der Waals surface area (Å²) in [4.78, 5) is 14.9. The molecule has 0 fully saturated rings. The van der Waals surface area contributed by atoms with Crippen molar-refractivity contribution < 1.29 is 4.79 Å². The van der Waals surface area contributed by atoms with Crippen LogP contribution in [0.25, 0.3) is 0 Å². The third-order valence-electron chi connectivity index (χ3n) is 1.20. The van der Waals surface area contributed by atoms with E-state index in [0.29, 0.717) is 0 Å². The predicted octanol–water partition coefficient (Wildman–Crippen LogP) is 1.46. The number of carbonyl (C=O) groups is 1. The van der Waals surface area contributed by atoms with Crippen LogP contribution in [0.2, 0.25) is 0 Å². The summed E-state index contributed by atoms with van der Waals surface area (Å²) in [6.07, 6.45) is 0.890. The molecule has 0 aromatic heterocycles. The number of thioether (sulfide) groups is 1. The van der Waals surface area contributed by atoms with Crippen molar-refractivity contribution in [3.63, 3.8) is 0 Å². The van der Waals surface area contributed by atoms with Crippen molar-refractivity contribution >= 4 is 21.9 Å². The van der Waals surface area contributed by atoms with E-state index in [1.54, 1.807) is 0 Å². The van der Waals surface area contributed by atoms with Crippen molar-refractivity contribution in [2.24, 2.45) is 4.99 Å². The van der Waals surface area contributed by atoms with Gasteiger partial charge in [-0.3, -0.25) is 9.79 Å². The highest BCUT2D eigenvalue weighted by Crippen LogP contribution is 2.20. The van der Waals surface area contributed by atoms with E-state index in [9.17, 15) is 4.79 Å². The van der Waals surface area contributed by atoms with Crippen LogP contribution in [0.15, 0.2) is 4.99 Å². The Morgan fingerprint density at radius 1 is 1.78 bits per heavy atom. The van der Waals surface area contributed by atoms with Gasteiger partial charge in [0, 0.05) is 0 Å². The summed E-state index contributed by atoms with van der Waals surface area (Å²) in [5.41, 5.74) is 0. The molecule has 0 radical (unpaired) electrons. The van der Waals surface area contributed by atoms with Crippen molar-refractivity contribution in [3.8, 4) is 0 Å². The predicted molar refractivity (Wildman–Crippen MR) is 39.8 cm³/mol. The highest BCUT2D eigenvalue weighted by atomic mass is 32.2. The molecule has 0 bridgehead atoms. The van der Waals surface area contributed by atoms with Gasteiger partial charge in [0.2, 0.25) is 5.12 Å². The lowest BCUT2D eigenvalue weighted by molar-refractivity contribution is -0.111. The van der Waals surface area contributed by atoms with E-state index in [-0.39, 0.29) is 11.2 Å². The first-order chi connectivity index (χ1) is 4.24. The normalized spacial score (nSPS) is 26.7. The van der Waals surface area contributed by atoms with E-state index >= 15 is 0 Å². The van der Waals surface area contributed by atoms with Gasteiger partial charge in [0.1, 0.15) is 6.04 Å². The van der Waals surface area contributed by atoms with E-state index in [0.717, 1.165) is 11.5 Å². The molecule has 0 saturated heterocycles. The van der Waals surface area contributed by atoms with Crippen LogP contribution in [0.3, 0.4) is 0 Å². The number of hydrogen-bond acceptors (Lipinski definition) is 3. The van der Waals surface area contributed by atoms with Gasteiger partial charge in [0.05, 0.1) is 5.04 Å². The second kappa shape index (κ2) is 2.52. The van der Waals surface area contributed by atoms with E-state index in [1.165, 1.54) is 11.8 Å². The van der Waals surface area contributed by atoms with Crippen LogP contribution in [0, 0.1) is 0 Å². The molecule has 0 aromatic rings. The van der Waals surface area contributed by atoms with Gasteiger partial charge in [-0.05, 0) is 25.1 Å². The average molecular weight is 143 g/mol. The smallest absolute Gasteiger partial charge is 0.219 e. The van der Waals surface area contributed by atoms with Gasteiger partial charge in [0.15, 0.2) is 0 Å². The Hall–Kier alpha value is -0.310. The van der Waals surface area contributed by atoms with Gasteiger partial charge in [-0.1, -0.05) is 6.92 Å². The molecule has 1 aliphatic rings. The van der Waals surface area contributed by atoms with E-state index in [4.69, 9.17) is 0 Å². The summed E-state index contributed by atoms with van der Waals surface area (Å²) in [7, 11) is 0. The van der Waals surface area contributed by atoms with Crippen molar-refractivity contribution in [3.05, 3.63) is 0 Å². The van der Waals surface area contributed by atoms with Gasteiger partial charge < -0.3 is 0 Å². The minimum atomic E-state index is -0.0926. The van der Waals surface area contributed by atoms with Crippen molar-refractivity contribution in [1.29, 1.82) is 0 Å². The number of aliphatic imine (C=N–C) groups is 1. The summed E-state index contributed by atoms with van der Waals surface area (Å²) in [5.74, 6) is 0. The lowest BCUT2D eigenvalue weighted by Crippen LogP contribution is -2.02. The van der Waals surface area contributed by atoms with Gasteiger partial charge in [-0.2, -0.15) is 0 Å². The largest absolute Gasteiger partial charge is 0.284 e. The zero-order valence-electron chi connectivity index (χ0n) is 5.55.